The number of nitrogens with zero attached hydrogens (tertiary/aromatic N) is 1. The second-order valence-corrected chi connectivity index (χ2v) is 9.78. The third kappa shape index (κ3) is 4.41. The van der Waals surface area contributed by atoms with Gasteiger partial charge >= 0.3 is 0 Å². The maximum atomic E-state index is 12.8. The molecule has 1 aliphatic carbocycles. The van der Waals surface area contributed by atoms with Crippen LogP contribution in [-0.2, 0) is 14.8 Å². The van der Waals surface area contributed by atoms with E-state index < -0.39 is 10.0 Å². The van der Waals surface area contributed by atoms with Gasteiger partial charge in [0, 0.05) is 30.1 Å². The molecule has 0 spiro atoms. The van der Waals surface area contributed by atoms with Crippen LogP contribution >= 0.6 is 11.6 Å². The second-order valence-electron chi connectivity index (χ2n) is 7.43. The highest BCUT2D eigenvalue weighted by Gasteiger charge is 2.33. The number of amides is 1. The number of hydrogen-bond acceptors (Lipinski definition) is 3. The predicted molar refractivity (Wildman–Crippen MR) is 103 cm³/mol. The van der Waals surface area contributed by atoms with Crippen LogP contribution in [0.1, 0.15) is 50.5 Å². The highest BCUT2D eigenvalue weighted by atomic mass is 35.5. The molecule has 1 aromatic carbocycles. The second kappa shape index (κ2) is 8.28. The van der Waals surface area contributed by atoms with E-state index in [4.69, 9.17) is 11.6 Å². The van der Waals surface area contributed by atoms with Crippen molar-refractivity contribution < 1.29 is 13.2 Å². The quantitative estimate of drug-likeness (QED) is 0.844. The van der Waals surface area contributed by atoms with E-state index in [9.17, 15) is 13.2 Å². The molecule has 1 saturated heterocycles. The van der Waals surface area contributed by atoms with Crippen molar-refractivity contribution in [2.45, 2.75) is 62.8 Å². The lowest BCUT2D eigenvalue weighted by Gasteiger charge is -2.32. The van der Waals surface area contributed by atoms with Crippen molar-refractivity contribution in [2.75, 3.05) is 13.1 Å². The molecule has 1 amide bonds. The summed E-state index contributed by atoms with van der Waals surface area (Å²) in [7, 11) is -3.56. The molecule has 7 heteroatoms. The summed E-state index contributed by atoms with van der Waals surface area (Å²) in [6, 6.07) is 5.12. The van der Waals surface area contributed by atoms with Gasteiger partial charge in [-0.05, 0) is 50.3 Å². The molecule has 144 valence electrons. The van der Waals surface area contributed by atoms with E-state index in [0.717, 1.165) is 18.4 Å². The van der Waals surface area contributed by atoms with E-state index in [1.807, 2.05) is 6.92 Å². The summed E-state index contributed by atoms with van der Waals surface area (Å²) in [5.74, 6) is -0.00249. The molecule has 1 N–H and O–H groups in total. The average molecular weight is 399 g/mol. The Bertz CT molecular complexity index is 752. The van der Waals surface area contributed by atoms with E-state index in [-0.39, 0.29) is 16.7 Å². The van der Waals surface area contributed by atoms with Crippen LogP contribution in [0.3, 0.4) is 0 Å². The SMILES string of the molecule is Cc1ccc(S(=O)(=O)N2CCC(C(=O)NC3CCCCC3)CC2)cc1Cl. The van der Waals surface area contributed by atoms with Crippen molar-refractivity contribution in [3.63, 3.8) is 0 Å². The summed E-state index contributed by atoms with van der Waals surface area (Å²) in [6.07, 6.45) is 6.88. The summed E-state index contributed by atoms with van der Waals surface area (Å²) in [4.78, 5) is 12.7. The standard InChI is InChI=1S/C19H27ClN2O3S/c1-14-7-8-17(13-18(14)20)26(24,25)22-11-9-15(10-12-22)19(23)21-16-5-3-2-4-6-16/h7-8,13,15-16H,2-6,9-12H2,1H3,(H,21,23). The van der Waals surface area contributed by atoms with Crippen LogP contribution in [0, 0.1) is 12.8 Å². The van der Waals surface area contributed by atoms with Gasteiger partial charge in [-0.15, -0.1) is 0 Å². The van der Waals surface area contributed by atoms with Gasteiger partial charge in [0.05, 0.1) is 4.90 Å². The fourth-order valence-electron chi connectivity index (χ4n) is 3.81. The number of nitrogens with one attached hydrogen (secondary N) is 1. The van der Waals surface area contributed by atoms with Crippen LogP contribution in [0.2, 0.25) is 5.02 Å². The summed E-state index contributed by atoms with van der Waals surface area (Å²) >= 11 is 6.08. The lowest BCUT2D eigenvalue weighted by atomic mass is 9.93. The zero-order chi connectivity index (χ0) is 18.7. The van der Waals surface area contributed by atoms with Crippen LogP contribution in [0.5, 0.6) is 0 Å². The molecular weight excluding hydrogens is 372 g/mol. The van der Waals surface area contributed by atoms with Gasteiger partial charge < -0.3 is 5.32 Å². The largest absolute Gasteiger partial charge is 0.353 e. The number of sulfonamides is 1. The monoisotopic (exact) mass is 398 g/mol. The Kier molecular flexibility index (Phi) is 6.25. The molecule has 0 radical (unpaired) electrons. The first-order valence-corrected chi connectivity index (χ1v) is 11.3. The normalized spacial score (nSPS) is 20.8. The molecule has 2 aliphatic rings. The van der Waals surface area contributed by atoms with Crippen LogP contribution in [-0.4, -0.2) is 37.8 Å². The number of piperidine rings is 1. The average Bonchev–Trinajstić information content (AvgIpc) is 2.65. The van der Waals surface area contributed by atoms with Gasteiger partial charge in [-0.3, -0.25) is 4.79 Å². The Morgan fingerprint density at radius 3 is 2.38 bits per heavy atom. The number of halogens is 1. The first-order valence-electron chi connectivity index (χ1n) is 9.44. The van der Waals surface area contributed by atoms with Gasteiger partial charge in [0.25, 0.3) is 0 Å². The Hall–Kier alpha value is -1.11. The van der Waals surface area contributed by atoms with Gasteiger partial charge in [-0.2, -0.15) is 4.31 Å². The van der Waals surface area contributed by atoms with Gasteiger partial charge in [-0.1, -0.05) is 36.9 Å². The maximum Gasteiger partial charge on any atom is 0.243 e. The lowest BCUT2D eigenvalue weighted by molar-refractivity contribution is -0.127. The van der Waals surface area contributed by atoms with Crippen molar-refractivity contribution in [1.29, 1.82) is 0 Å². The first kappa shape index (κ1) is 19.6. The zero-order valence-electron chi connectivity index (χ0n) is 15.2. The fourth-order valence-corrected chi connectivity index (χ4v) is 5.55. The fraction of sp³-hybridized carbons (Fsp3) is 0.632. The number of benzene rings is 1. The van der Waals surface area contributed by atoms with Crippen molar-refractivity contribution in [3.8, 4) is 0 Å². The molecular formula is C19H27ClN2O3S. The third-order valence-electron chi connectivity index (χ3n) is 5.56. The number of aryl methyl sites for hydroxylation is 1. The Morgan fingerprint density at radius 2 is 1.77 bits per heavy atom. The van der Waals surface area contributed by atoms with Crippen molar-refractivity contribution in [3.05, 3.63) is 28.8 Å². The van der Waals surface area contributed by atoms with Gasteiger partial charge in [0.15, 0.2) is 0 Å². The van der Waals surface area contributed by atoms with E-state index in [1.54, 1.807) is 12.1 Å². The Labute approximate surface area is 161 Å². The lowest BCUT2D eigenvalue weighted by Crippen LogP contribution is -2.45. The smallest absolute Gasteiger partial charge is 0.243 e. The maximum absolute atomic E-state index is 12.8. The minimum absolute atomic E-state index is 0.0901. The zero-order valence-corrected chi connectivity index (χ0v) is 16.8. The molecule has 1 aliphatic heterocycles. The summed E-state index contributed by atoms with van der Waals surface area (Å²) in [6.45, 7) is 2.59. The van der Waals surface area contributed by atoms with Crippen LogP contribution < -0.4 is 5.32 Å². The van der Waals surface area contributed by atoms with Crippen molar-refractivity contribution in [1.82, 2.24) is 9.62 Å². The van der Waals surface area contributed by atoms with Crippen molar-refractivity contribution >= 4 is 27.5 Å². The minimum Gasteiger partial charge on any atom is -0.353 e. The van der Waals surface area contributed by atoms with Crippen molar-refractivity contribution in [2.24, 2.45) is 5.92 Å². The molecule has 5 nitrogen and oxygen atoms in total. The van der Waals surface area contributed by atoms with E-state index >= 15 is 0 Å². The first-order chi connectivity index (χ1) is 12.4. The number of hydrogen-bond donors (Lipinski definition) is 1. The van der Waals surface area contributed by atoms with Crippen LogP contribution in [0.25, 0.3) is 0 Å². The van der Waals surface area contributed by atoms with Crippen LogP contribution in [0.4, 0.5) is 0 Å². The molecule has 2 fully saturated rings. The summed E-state index contributed by atoms with van der Waals surface area (Å²) in [5, 5.41) is 3.61. The predicted octanol–water partition coefficient (Wildman–Crippen LogP) is 3.50. The number of rotatable bonds is 4. The molecule has 0 bridgehead atoms. The highest BCUT2D eigenvalue weighted by Crippen LogP contribution is 2.27. The van der Waals surface area contributed by atoms with Gasteiger partial charge in [-0.25, -0.2) is 8.42 Å². The molecule has 26 heavy (non-hydrogen) atoms. The number of carbonyl (C=O) groups is 1. The topological polar surface area (TPSA) is 66.5 Å². The van der Waals surface area contributed by atoms with Gasteiger partial charge in [0.2, 0.25) is 15.9 Å². The molecule has 0 atom stereocenters. The van der Waals surface area contributed by atoms with E-state index in [1.165, 1.54) is 29.6 Å². The molecule has 0 unspecified atom stereocenters. The molecule has 1 heterocycles. The van der Waals surface area contributed by atoms with Gasteiger partial charge in [0.1, 0.15) is 0 Å². The molecule has 3 rings (SSSR count). The minimum atomic E-state index is -3.56. The Morgan fingerprint density at radius 1 is 1.12 bits per heavy atom. The number of carbonyl (C=O) groups excluding carboxylic acids is 1. The van der Waals surface area contributed by atoms with E-state index in [0.29, 0.717) is 37.0 Å². The molecule has 1 aromatic rings. The molecule has 0 aromatic heterocycles. The third-order valence-corrected chi connectivity index (χ3v) is 7.86. The highest BCUT2D eigenvalue weighted by molar-refractivity contribution is 7.89. The molecule has 1 saturated carbocycles. The van der Waals surface area contributed by atoms with E-state index in [2.05, 4.69) is 5.32 Å². The summed E-state index contributed by atoms with van der Waals surface area (Å²) in [5.41, 5.74) is 0.851. The summed E-state index contributed by atoms with van der Waals surface area (Å²) < 4.78 is 27.1. The van der Waals surface area contributed by atoms with Crippen LogP contribution in [0.15, 0.2) is 23.1 Å². The Balaban J connectivity index is 1.58.